The first-order valence-corrected chi connectivity index (χ1v) is 8.45. The Morgan fingerprint density at radius 3 is 2.42 bits per heavy atom. The summed E-state index contributed by atoms with van der Waals surface area (Å²) < 4.78 is 10.5. The van der Waals surface area contributed by atoms with Crippen LogP contribution in [0.3, 0.4) is 0 Å². The zero-order valence-corrected chi connectivity index (χ0v) is 15.5. The van der Waals surface area contributed by atoms with Gasteiger partial charge in [-0.3, -0.25) is 5.84 Å². The van der Waals surface area contributed by atoms with Crippen LogP contribution in [0.1, 0.15) is 12.5 Å². The highest BCUT2D eigenvalue weighted by Gasteiger charge is 2.14. The molecule has 0 saturated heterocycles. The fourth-order valence-corrected chi connectivity index (χ4v) is 2.66. The first-order chi connectivity index (χ1) is 12.4. The average Bonchev–Trinajstić information content (AvgIpc) is 2.60. The molecule has 0 aliphatic carbocycles. The van der Waals surface area contributed by atoms with Gasteiger partial charge >= 0.3 is 5.97 Å². The third kappa shape index (κ3) is 5.15. The molecule has 0 amide bonds. The number of carbonyl (C=O) groups excluding carboxylic acids is 1. The second-order valence-corrected chi connectivity index (χ2v) is 6.03. The number of halogens is 1. The van der Waals surface area contributed by atoms with Crippen molar-refractivity contribution in [3.05, 3.63) is 64.4 Å². The number of ether oxygens (including phenoxy) is 2. The molecule has 138 valence electrons. The van der Waals surface area contributed by atoms with Crippen LogP contribution in [0.15, 0.2) is 53.9 Å². The van der Waals surface area contributed by atoms with Gasteiger partial charge in [0.1, 0.15) is 12.4 Å². The van der Waals surface area contributed by atoms with E-state index in [4.69, 9.17) is 32.7 Å². The fourth-order valence-electron chi connectivity index (χ4n) is 2.37. The van der Waals surface area contributed by atoms with E-state index in [-0.39, 0.29) is 24.6 Å². The summed E-state index contributed by atoms with van der Waals surface area (Å²) in [5, 5.41) is 0.694. The molecule has 2 aromatic rings. The number of nitrogens with two attached hydrogens (primary N) is 2. The number of aryl methyl sites for hydroxylation is 1. The third-order valence-electron chi connectivity index (χ3n) is 3.57. The number of hydrogen-bond donors (Lipinski definition) is 3. The van der Waals surface area contributed by atoms with E-state index in [2.05, 4.69) is 11.5 Å². The van der Waals surface area contributed by atoms with Crippen LogP contribution in [-0.2, 0) is 9.53 Å². The number of carbonyl (C=O) groups is 1. The van der Waals surface area contributed by atoms with Gasteiger partial charge in [0.05, 0.1) is 12.3 Å². The number of hydrogen-bond acceptors (Lipinski definition) is 6. The average molecular weight is 376 g/mol. The monoisotopic (exact) mass is 375 g/mol. The smallest absolute Gasteiger partial charge is 0.357 e. The molecule has 2 aromatic carbocycles. The second kappa shape index (κ2) is 9.12. The molecule has 0 aliphatic rings. The lowest BCUT2D eigenvalue weighted by molar-refractivity contribution is -0.139. The van der Waals surface area contributed by atoms with Gasteiger partial charge in [-0.2, -0.15) is 0 Å². The third-order valence-corrected chi connectivity index (χ3v) is 3.79. The van der Waals surface area contributed by atoms with E-state index in [1.807, 2.05) is 43.3 Å². The van der Waals surface area contributed by atoms with Crippen LogP contribution in [0.4, 0.5) is 0 Å². The number of esters is 1. The van der Waals surface area contributed by atoms with Gasteiger partial charge in [-0.1, -0.05) is 29.8 Å². The van der Waals surface area contributed by atoms with Crippen molar-refractivity contribution >= 4 is 17.6 Å². The maximum absolute atomic E-state index is 11.7. The molecule has 0 radical (unpaired) electrons. The molecule has 7 heteroatoms. The normalized spacial score (nSPS) is 11.5. The molecule has 2 rings (SSSR count). The Morgan fingerprint density at radius 1 is 1.15 bits per heavy atom. The van der Waals surface area contributed by atoms with Crippen molar-refractivity contribution in [2.75, 3.05) is 13.2 Å². The van der Waals surface area contributed by atoms with Crippen molar-refractivity contribution in [2.45, 2.75) is 13.8 Å². The van der Waals surface area contributed by atoms with Crippen LogP contribution in [0.2, 0.25) is 5.02 Å². The van der Waals surface area contributed by atoms with Gasteiger partial charge < -0.3 is 20.6 Å². The molecule has 0 bridgehead atoms. The maximum Gasteiger partial charge on any atom is 0.357 e. The summed E-state index contributed by atoms with van der Waals surface area (Å²) in [6, 6.07) is 13.4. The highest BCUT2D eigenvalue weighted by Crippen LogP contribution is 2.26. The van der Waals surface area contributed by atoms with Gasteiger partial charge in [0, 0.05) is 5.02 Å². The van der Waals surface area contributed by atoms with Crippen LogP contribution in [-0.4, -0.2) is 19.2 Å². The van der Waals surface area contributed by atoms with Crippen molar-refractivity contribution in [1.29, 1.82) is 0 Å². The van der Waals surface area contributed by atoms with Crippen LogP contribution in [0.5, 0.6) is 5.75 Å². The molecule has 0 aromatic heterocycles. The van der Waals surface area contributed by atoms with E-state index in [0.717, 1.165) is 16.7 Å². The van der Waals surface area contributed by atoms with E-state index >= 15 is 0 Å². The quantitative estimate of drug-likeness (QED) is 0.298. The lowest BCUT2D eigenvalue weighted by Gasteiger charge is -2.12. The van der Waals surface area contributed by atoms with Gasteiger partial charge in [0.15, 0.2) is 5.70 Å². The van der Waals surface area contributed by atoms with Crippen LogP contribution >= 0.6 is 11.6 Å². The fraction of sp³-hybridized carbons (Fsp3) is 0.211. The van der Waals surface area contributed by atoms with Crippen LogP contribution in [0.25, 0.3) is 11.1 Å². The van der Waals surface area contributed by atoms with Gasteiger partial charge in [-0.25, -0.2) is 4.79 Å². The largest absolute Gasteiger partial charge is 0.487 e. The van der Waals surface area contributed by atoms with Gasteiger partial charge in [0.2, 0.25) is 0 Å². The van der Waals surface area contributed by atoms with Crippen molar-refractivity contribution in [3.8, 4) is 16.9 Å². The van der Waals surface area contributed by atoms with Crippen LogP contribution in [0, 0.1) is 6.92 Å². The van der Waals surface area contributed by atoms with E-state index in [9.17, 15) is 4.79 Å². The minimum absolute atomic E-state index is 0.00598. The number of benzene rings is 2. The van der Waals surface area contributed by atoms with Crippen molar-refractivity contribution < 1.29 is 14.3 Å². The Morgan fingerprint density at radius 2 is 1.85 bits per heavy atom. The van der Waals surface area contributed by atoms with Gasteiger partial charge in [-0.05, 0) is 54.8 Å². The Labute approximate surface area is 157 Å². The van der Waals surface area contributed by atoms with Crippen molar-refractivity contribution in [1.82, 2.24) is 5.43 Å². The highest BCUT2D eigenvalue weighted by atomic mass is 35.5. The molecule has 0 atom stereocenters. The molecule has 0 aliphatic heterocycles. The summed E-state index contributed by atoms with van der Waals surface area (Å²) in [4.78, 5) is 11.7. The standard InChI is InChI=1S/C19H22ClN3O3/c1-3-25-19(24)18(23-22)17(21)11-26-16-6-4-13(5-7-16)14-8-12(2)9-15(20)10-14/h4-10,23H,3,11,21-22H2,1-2H3/b18-17-. The molecule has 0 heterocycles. The Balaban J connectivity index is 2.08. The lowest BCUT2D eigenvalue weighted by Crippen LogP contribution is -2.33. The van der Waals surface area contributed by atoms with E-state index in [0.29, 0.717) is 10.8 Å². The molecule has 5 N–H and O–H groups in total. The summed E-state index contributed by atoms with van der Waals surface area (Å²) >= 11 is 6.11. The van der Waals surface area contributed by atoms with E-state index in [1.54, 1.807) is 6.92 Å². The number of nitrogens with one attached hydrogen (secondary N) is 1. The summed E-state index contributed by atoms with van der Waals surface area (Å²) in [5.41, 5.74) is 11.4. The molecule has 0 spiro atoms. The molecule has 0 saturated carbocycles. The molecule has 26 heavy (non-hydrogen) atoms. The maximum atomic E-state index is 11.7. The predicted octanol–water partition coefficient (Wildman–Crippen LogP) is 2.89. The Kier molecular flexibility index (Phi) is 6.89. The SMILES string of the molecule is CCOC(=O)/C(NN)=C(/N)COc1ccc(-c2cc(C)cc(Cl)c2)cc1. The predicted molar refractivity (Wildman–Crippen MR) is 102 cm³/mol. The summed E-state index contributed by atoms with van der Waals surface area (Å²) in [6.45, 7) is 3.91. The Bertz CT molecular complexity index is 784. The first kappa shape index (κ1) is 19.6. The van der Waals surface area contributed by atoms with E-state index in [1.165, 1.54) is 0 Å². The molecular formula is C19H22ClN3O3. The molecule has 6 nitrogen and oxygen atoms in total. The summed E-state index contributed by atoms with van der Waals surface area (Å²) in [5.74, 6) is 5.31. The summed E-state index contributed by atoms with van der Waals surface area (Å²) in [6.07, 6.45) is 0. The highest BCUT2D eigenvalue weighted by molar-refractivity contribution is 6.30. The van der Waals surface area contributed by atoms with Crippen LogP contribution < -0.4 is 21.7 Å². The van der Waals surface area contributed by atoms with Crippen molar-refractivity contribution in [3.63, 3.8) is 0 Å². The van der Waals surface area contributed by atoms with Crippen molar-refractivity contribution in [2.24, 2.45) is 11.6 Å². The van der Waals surface area contributed by atoms with Gasteiger partial charge in [-0.15, -0.1) is 0 Å². The Hall–Kier alpha value is -2.70. The minimum atomic E-state index is -0.622. The second-order valence-electron chi connectivity index (χ2n) is 5.60. The minimum Gasteiger partial charge on any atom is -0.487 e. The summed E-state index contributed by atoms with van der Waals surface area (Å²) in [7, 11) is 0. The lowest BCUT2D eigenvalue weighted by atomic mass is 10.0. The molecule has 0 fully saturated rings. The van der Waals surface area contributed by atoms with Gasteiger partial charge in [0.25, 0.3) is 0 Å². The number of hydrazine groups is 1. The molecular weight excluding hydrogens is 354 g/mol. The first-order valence-electron chi connectivity index (χ1n) is 8.07. The zero-order chi connectivity index (χ0) is 19.1. The topological polar surface area (TPSA) is 99.6 Å². The number of rotatable bonds is 7. The zero-order valence-electron chi connectivity index (χ0n) is 14.7. The molecule has 0 unspecified atom stereocenters. The van der Waals surface area contributed by atoms with E-state index < -0.39 is 5.97 Å².